The van der Waals surface area contributed by atoms with Crippen molar-refractivity contribution in [3.63, 3.8) is 0 Å². The Bertz CT molecular complexity index is 1750. The predicted octanol–water partition coefficient (Wildman–Crippen LogP) is 8.43. The standard InChI is InChI=1S/C34H23N3/c1-3-17-35-32-23(2)9-4-14-29(32)26-20-27(30-15-5-10-24-12-7-18-36-33(24)30)22-28(21-26)31-16-6-11-25-13-8-19-37-34(25)31/h1,4-22H,2H3. The van der Waals surface area contributed by atoms with Gasteiger partial charge in [0.2, 0.25) is 0 Å². The average Bonchev–Trinajstić information content (AvgIpc) is 2.95. The summed E-state index contributed by atoms with van der Waals surface area (Å²) in [5, 5.41) is 2.21. The molecule has 0 aliphatic rings. The molecule has 174 valence electrons. The molecule has 2 heterocycles. The smallest absolute Gasteiger partial charge is 0.0780 e. The SMILES string of the molecule is C#CC=Nc1c(C)cccc1-c1cc(-c2cccc3cccnc23)cc(-c2cccc3cccnc23)c1. The van der Waals surface area contributed by atoms with Crippen molar-refractivity contribution in [3.05, 3.63) is 115 Å². The second kappa shape index (κ2) is 9.53. The number of rotatable bonds is 4. The maximum Gasteiger partial charge on any atom is 0.0780 e. The molecule has 0 saturated heterocycles. The largest absolute Gasteiger partial charge is 0.256 e. The zero-order valence-electron chi connectivity index (χ0n) is 20.4. The Morgan fingerprint density at radius 2 is 1.14 bits per heavy atom. The van der Waals surface area contributed by atoms with Gasteiger partial charge in [-0.05, 0) is 59.5 Å². The maximum absolute atomic E-state index is 5.51. The maximum atomic E-state index is 5.51. The summed E-state index contributed by atoms with van der Waals surface area (Å²) in [4.78, 5) is 14.1. The molecule has 0 radical (unpaired) electrons. The average molecular weight is 474 g/mol. The molecule has 3 heteroatoms. The fourth-order valence-corrected chi connectivity index (χ4v) is 4.93. The highest BCUT2D eigenvalue weighted by molar-refractivity contribution is 5.99. The molecule has 6 aromatic rings. The van der Waals surface area contributed by atoms with Crippen molar-refractivity contribution in [1.29, 1.82) is 0 Å². The van der Waals surface area contributed by atoms with E-state index in [4.69, 9.17) is 16.4 Å². The second-order valence-corrected chi connectivity index (χ2v) is 8.96. The molecule has 0 spiro atoms. The third-order valence-corrected chi connectivity index (χ3v) is 6.64. The van der Waals surface area contributed by atoms with E-state index in [1.807, 2.05) is 24.5 Å². The zero-order chi connectivity index (χ0) is 25.2. The van der Waals surface area contributed by atoms with Crippen molar-refractivity contribution in [2.45, 2.75) is 6.92 Å². The van der Waals surface area contributed by atoms with E-state index in [-0.39, 0.29) is 0 Å². The molecule has 0 bridgehead atoms. The highest BCUT2D eigenvalue weighted by Crippen LogP contribution is 2.40. The number of pyridine rings is 2. The van der Waals surface area contributed by atoms with E-state index in [1.165, 1.54) is 6.21 Å². The molecule has 37 heavy (non-hydrogen) atoms. The van der Waals surface area contributed by atoms with Crippen LogP contribution in [0.25, 0.3) is 55.2 Å². The van der Waals surface area contributed by atoms with Gasteiger partial charge in [0.1, 0.15) is 0 Å². The summed E-state index contributed by atoms with van der Waals surface area (Å²) >= 11 is 0. The molecule has 0 amide bonds. The number of fused-ring (bicyclic) bond motifs is 2. The van der Waals surface area contributed by atoms with Crippen LogP contribution in [0.2, 0.25) is 0 Å². The van der Waals surface area contributed by atoms with Gasteiger partial charge in [-0.1, -0.05) is 72.7 Å². The van der Waals surface area contributed by atoms with Gasteiger partial charge in [0.15, 0.2) is 0 Å². The summed E-state index contributed by atoms with van der Waals surface area (Å²) < 4.78 is 0. The molecule has 0 atom stereocenters. The van der Waals surface area contributed by atoms with Crippen LogP contribution in [0.15, 0.2) is 114 Å². The first-order valence-electron chi connectivity index (χ1n) is 12.1. The summed E-state index contributed by atoms with van der Waals surface area (Å²) in [7, 11) is 0. The summed E-state index contributed by atoms with van der Waals surface area (Å²) in [6.07, 6.45) is 10.7. The number of aliphatic imine (C=N–C) groups is 1. The summed E-state index contributed by atoms with van der Waals surface area (Å²) in [6, 6.07) is 33.6. The van der Waals surface area contributed by atoms with Gasteiger partial charge in [0, 0.05) is 39.9 Å². The normalized spacial score (nSPS) is 11.2. The van der Waals surface area contributed by atoms with Crippen LogP contribution in [-0.2, 0) is 0 Å². The number of hydrogen-bond acceptors (Lipinski definition) is 3. The van der Waals surface area contributed by atoms with Crippen LogP contribution in [0.3, 0.4) is 0 Å². The minimum absolute atomic E-state index is 0.871. The first kappa shape index (κ1) is 22.4. The molecule has 0 unspecified atom stereocenters. The van der Waals surface area contributed by atoms with E-state index >= 15 is 0 Å². The van der Waals surface area contributed by atoms with Crippen LogP contribution < -0.4 is 0 Å². The predicted molar refractivity (Wildman–Crippen MR) is 155 cm³/mol. The molecule has 0 saturated carbocycles. The first-order valence-corrected chi connectivity index (χ1v) is 12.1. The Labute approximate surface area is 216 Å². The molecule has 6 rings (SSSR count). The lowest BCUT2D eigenvalue weighted by Gasteiger charge is -2.15. The Morgan fingerprint density at radius 1 is 0.649 bits per heavy atom. The number of terminal acetylenes is 1. The third kappa shape index (κ3) is 4.16. The molecule has 3 nitrogen and oxygen atoms in total. The van der Waals surface area contributed by atoms with Crippen molar-refractivity contribution in [2.75, 3.05) is 0 Å². The van der Waals surface area contributed by atoms with E-state index in [0.29, 0.717) is 0 Å². The van der Waals surface area contributed by atoms with Crippen LogP contribution in [-0.4, -0.2) is 16.2 Å². The van der Waals surface area contributed by atoms with E-state index in [0.717, 1.165) is 66.4 Å². The minimum Gasteiger partial charge on any atom is -0.256 e. The Hall–Kier alpha value is -5.07. The minimum atomic E-state index is 0.871. The molecule has 0 fully saturated rings. The highest BCUT2D eigenvalue weighted by Gasteiger charge is 2.14. The van der Waals surface area contributed by atoms with Crippen LogP contribution in [0.5, 0.6) is 0 Å². The number of aryl methyl sites for hydroxylation is 1. The van der Waals surface area contributed by atoms with E-state index < -0.39 is 0 Å². The fourth-order valence-electron chi connectivity index (χ4n) is 4.93. The molecule has 4 aromatic carbocycles. The van der Waals surface area contributed by atoms with Gasteiger partial charge in [-0.3, -0.25) is 9.97 Å². The number of hydrogen-bond donors (Lipinski definition) is 0. The summed E-state index contributed by atoms with van der Waals surface area (Å²) in [6.45, 7) is 2.06. The van der Waals surface area contributed by atoms with Crippen LogP contribution in [0, 0.1) is 19.3 Å². The van der Waals surface area contributed by atoms with Crippen LogP contribution in [0.4, 0.5) is 5.69 Å². The number of para-hydroxylation sites is 3. The first-order chi connectivity index (χ1) is 18.2. The zero-order valence-corrected chi connectivity index (χ0v) is 20.4. The number of nitrogens with zero attached hydrogens (tertiary/aromatic N) is 3. The van der Waals surface area contributed by atoms with Crippen molar-refractivity contribution in [3.8, 4) is 45.7 Å². The van der Waals surface area contributed by atoms with Gasteiger partial charge in [0.25, 0.3) is 0 Å². The summed E-state index contributed by atoms with van der Waals surface area (Å²) in [5.41, 5.74) is 10.3. The van der Waals surface area contributed by atoms with Gasteiger partial charge in [-0.2, -0.15) is 0 Å². The number of benzene rings is 4. The fraction of sp³-hybridized carbons (Fsp3) is 0.0294. The van der Waals surface area contributed by atoms with Crippen molar-refractivity contribution in [2.24, 2.45) is 4.99 Å². The number of aromatic nitrogens is 2. The molecule has 2 aromatic heterocycles. The van der Waals surface area contributed by atoms with E-state index in [2.05, 4.69) is 103 Å². The van der Waals surface area contributed by atoms with Gasteiger partial charge in [-0.25, -0.2) is 4.99 Å². The molecule has 0 aliphatic carbocycles. The lowest BCUT2D eigenvalue weighted by atomic mass is 9.90. The molecular weight excluding hydrogens is 450 g/mol. The lowest BCUT2D eigenvalue weighted by Crippen LogP contribution is -1.91. The quantitative estimate of drug-likeness (QED) is 0.190. The van der Waals surface area contributed by atoms with Crippen molar-refractivity contribution < 1.29 is 0 Å². The van der Waals surface area contributed by atoms with Crippen LogP contribution >= 0.6 is 0 Å². The monoisotopic (exact) mass is 473 g/mol. The van der Waals surface area contributed by atoms with Crippen molar-refractivity contribution in [1.82, 2.24) is 9.97 Å². The topological polar surface area (TPSA) is 38.1 Å². The third-order valence-electron chi connectivity index (χ3n) is 6.64. The van der Waals surface area contributed by atoms with Gasteiger partial charge in [0.05, 0.1) is 22.9 Å². The Morgan fingerprint density at radius 3 is 1.70 bits per heavy atom. The highest BCUT2D eigenvalue weighted by atomic mass is 14.7. The molecular formula is C34H23N3. The van der Waals surface area contributed by atoms with Gasteiger partial charge < -0.3 is 0 Å². The van der Waals surface area contributed by atoms with Crippen LogP contribution in [0.1, 0.15) is 5.56 Å². The Balaban J connectivity index is 1.68. The van der Waals surface area contributed by atoms with Crippen molar-refractivity contribution >= 4 is 33.7 Å². The lowest BCUT2D eigenvalue weighted by molar-refractivity contribution is 1.40. The second-order valence-electron chi connectivity index (χ2n) is 8.96. The van der Waals surface area contributed by atoms with E-state index in [1.54, 1.807) is 0 Å². The van der Waals surface area contributed by atoms with Gasteiger partial charge >= 0.3 is 0 Å². The van der Waals surface area contributed by atoms with E-state index in [9.17, 15) is 0 Å². The molecule has 0 N–H and O–H groups in total. The van der Waals surface area contributed by atoms with Gasteiger partial charge in [-0.15, -0.1) is 6.42 Å². The summed E-state index contributed by atoms with van der Waals surface area (Å²) in [5.74, 6) is 2.53. The Kier molecular flexibility index (Phi) is 5.77. The molecule has 0 aliphatic heterocycles.